The van der Waals surface area contributed by atoms with Gasteiger partial charge >= 0.3 is 0 Å². The van der Waals surface area contributed by atoms with Crippen molar-refractivity contribution in [1.29, 1.82) is 0 Å². The van der Waals surface area contributed by atoms with Crippen molar-refractivity contribution < 1.29 is 0 Å². The molecule has 0 aliphatic heterocycles. The van der Waals surface area contributed by atoms with Crippen LogP contribution in [-0.2, 0) is 6.54 Å². The van der Waals surface area contributed by atoms with E-state index in [2.05, 4.69) is 78.2 Å². The summed E-state index contributed by atoms with van der Waals surface area (Å²) in [4.78, 5) is 2.43. The van der Waals surface area contributed by atoms with E-state index >= 15 is 0 Å². The predicted molar refractivity (Wildman–Crippen MR) is 87.4 cm³/mol. The molecule has 2 unspecified atom stereocenters. The molecular weight excluding hydrogens is 300 g/mol. The van der Waals surface area contributed by atoms with Crippen molar-refractivity contribution >= 4 is 15.9 Å². The van der Waals surface area contributed by atoms with Crippen LogP contribution in [0.4, 0.5) is 0 Å². The van der Waals surface area contributed by atoms with E-state index in [1.807, 2.05) is 0 Å². The summed E-state index contributed by atoms with van der Waals surface area (Å²) in [6.45, 7) is 10.1. The van der Waals surface area contributed by atoms with Gasteiger partial charge < -0.3 is 5.32 Å². The first-order valence-electron chi connectivity index (χ1n) is 7.20. The molecule has 2 atom stereocenters. The molecule has 0 saturated carbocycles. The van der Waals surface area contributed by atoms with Gasteiger partial charge in [0.15, 0.2) is 0 Å². The third kappa shape index (κ3) is 6.07. The van der Waals surface area contributed by atoms with Gasteiger partial charge in [-0.1, -0.05) is 41.9 Å². The number of hydrogen-bond acceptors (Lipinski definition) is 2. The summed E-state index contributed by atoms with van der Waals surface area (Å²) in [7, 11) is 2.21. The quantitative estimate of drug-likeness (QED) is 0.729. The van der Waals surface area contributed by atoms with Gasteiger partial charge in [-0.25, -0.2) is 0 Å². The van der Waals surface area contributed by atoms with Gasteiger partial charge in [0.05, 0.1) is 0 Å². The van der Waals surface area contributed by atoms with Gasteiger partial charge in [0, 0.05) is 17.1 Å². The Kier molecular flexibility index (Phi) is 7.66. The molecule has 0 heterocycles. The Morgan fingerprint density at radius 2 is 2.05 bits per heavy atom. The van der Waals surface area contributed by atoms with Crippen molar-refractivity contribution in [1.82, 2.24) is 10.2 Å². The van der Waals surface area contributed by atoms with Crippen molar-refractivity contribution in [3.63, 3.8) is 0 Å². The normalized spacial score (nSPS) is 14.6. The van der Waals surface area contributed by atoms with Crippen LogP contribution in [0.1, 0.15) is 32.8 Å². The summed E-state index contributed by atoms with van der Waals surface area (Å²) in [6, 6.07) is 9.13. The highest BCUT2D eigenvalue weighted by atomic mass is 79.9. The van der Waals surface area contributed by atoms with Crippen molar-refractivity contribution in [2.45, 2.75) is 39.8 Å². The molecule has 1 aromatic rings. The largest absolute Gasteiger partial charge is 0.316 e. The number of hydrogen-bond donors (Lipinski definition) is 1. The fourth-order valence-electron chi connectivity index (χ4n) is 2.18. The smallest absolute Gasteiger partial charge is 0.0234 e. The maximum Gasteiger partial charge on any atom is 0.0234 e. The lowest BCUT2D eigenvalue weighted by Crippen LogP contribution is -2.38. The number of nitrogens with zero attached hydrogens (tertiary/aromatic N) is 1. The van der Waals surface area contributed by atoms with E-state index < -0.39 is 0 Å². The molecule has 0 amide bonds. The van der Waals surface area contributed by atoms with Gasteiger partial charge in [-0.15, -0.1) is 0 Å². The first-order chi connectivity index (χ1) is 9.04. The SMILES string of the molecule is CCCNCC(C)C(C)N(C)Cc1cccc(Br)c1. The average Bonchev–Trinajstić information content (AvgIpc) is 2.38. The molecule has 0 spiro atoms. The third-order valence-corrected chi connectivity index (χ3v) is 4.23. The van der Waals surface area contributed by atoms with Crippen molar-refractivity contribution in [3.05, 3.63) is 34.3 Å². The second-order valence-electron chi connectivity index (χ2n) is 5.47. The molecule has 0 aromatic heterocycles. The highest BCUT2D eigenvalue weighted by molar-refractivity contribution is 9.10. The summed E-state index contributed by atoms with van der Waals surface area (Å²) in [5.74, 6) is 0.656. The Morgan fingerprint density at radius 1 is 1.32 bits per heavy atom. The van der Waals surface area contributed by atoms with Crippen LogP contribution >= 0.6 is 15.9 Å². The first-order valence-corrected chi connectivity index (χ1v) is 7.99. The van der Waals surface area contributed by atoms with Crippen LogP contribution in [0.25, 0.3) is 0 Å². The third-order valence-electron chi connectivity index (χ3n) is 3.73. The molecule has 0 fully saturated rings. The first kappa shape index (κ1) is 16.7. The minimum atomic E-state index is 0.573. The van der Waals surface area contributed by atoms with Gasteiger partial charge in [-0.3, -0.25) is 4.90 Å². The summed E-state index contributed by atoms with van der Waals surface area (Å²) in [5, 5.41) is 3.51. The van der Waals surface area contributed by atoms with Crippen molar-refractivity contribution in [3.8, 4) is 0 Å². The molecular formula is C16H27BrN2. The fourth-order valence-corrected chi connectivity index (χ4v) is 2.63. The van der Waals surface area contributed by atoms with Gasteiger partial charge in [-0.05, 0) is 57.1 Å². The van der Waals surface area contributed by atoms with Gasteiger partial charge in [-0.2, -0.15) is 0 Å². The topological polar surface area (TPSA) is 15.3 Å². The van der Waals surface area contributed by atoms with E-state index in [1.165, 1.54) is 12.0 Å². The van der Waals surface area contributed by atoms with E-state index in [0.29, 0.717) is 12.0 Å². The van der Waals surface area contributed by atoms with E-state index in [0.717, 1.165) is 24.1 Å². The number of benzene rings is 1. The van der Waals surface area contributed by atoms with Crippen LogP contribution in [-0.4, -0.2) is 31.1 Å². The zero-order valence-electron chi connectivity index (χ0n) is 12.6. The van der Waals surface area contributed by atoms with Crippen LogP contribution in [0.2, 0.25) is 0 Å². The number of nitrogens with one attached hydrogen (secondary N) is 1. The van der Waals surface area contributed by atoms with E-state index in [-0.39, 0.29) is 0 Å². The van der Waals surface area contributed by atoms with Gasteiger partial charge in [0.25, 0.3) is 0 Å². The highest BCUT2D eigenvalue weighted by Gasteiger charge is 2.16. The average molecular weight is 327 g/mol. The molecule has 0 saturated heterocycles. The van der Waals surface area contributed by atoms with Crippen LogP contribution in [0.3, 0.4) is 0 Å². The molecule has 1 rings (SSSR count). The van der Waals surface area contributed by atoms with Crippen LogP contribution in [0.5, 0.6) is 0 Å². The minimum Gasteiger partial charge on any atom is -0.316 e. The monoisotopic (exact) mass is 326 g/mol. The maximum absolute atomic E-state index is 3.53. The van der Waals surface area contributed by atoms with E-state index in [1.54, 1.807) is 0 Å². The molecule has 0 aliphatic carbocycles. The number of halogens is 1. The van der Waals surface area contributed by atoms with Crippen LogP contribution < -0.4 is 5.32 Å². The Morgan fingerprint density at radius 3 is 2.68 bits per heavy atom. The molecule has 0 bridgehead atoms. The lowest BCUT2D eigenvalue weighted by molar-refractivity contribution is 0.189. The molecule has 1 aromatic carbocycles. The second kappa shape index (κ2) is 8.72. The van der Waals surface area contributed by atoms with Crippen LogP contribution in [0, 0.1) is 5.92 Å². The molecule has 2 nitrogen and oxygen atoms in total. The molecule has 0 radical (unpaired) electrons. The molecule has 3 heteroatoms. The fraction of sp³-hybridized carbons (Fsp3) is 0.625. The number of rotatable bonds is 8. The summed E-state index contributed by atoms with van der Waals surface area (Å²) < 4.78 is 1.16. The van der Waals surface area contributed by atoms with Gasteiger partial charge in [0.2, 0.25) is 0 Å². The van der Waals surface area contributed by atoms with E-state index in [4.69, 9.17) is 0 Å². The molecule has 1 N–H and O–H groups in total. The zero-order chi connectivity index (χ0) is 14.3. The maximum atomic E-state index is 3.53. The summed E-state index contributed by atoms with van der Waals surface area (Å²) in [6.07, 6.45) is 1.20. The van der Waals surface area contributed by atoms with Crippen molar-refractivity contribution in [2.75, 3.05) is 20.1 Å². The standard InChI is InChI=1S/C16H27BrN2/c1-5-9-18-11-13(2)14(3)19(4)12-15-7-6-8-16(17)10-15/h6-8,10,13-14,18H,5,9,11-12H2,1-4H3. The molecule has 0 aliphatic rings. The lowest BCUT2D eigenvalue weighted by Gasteiger charge is -2.30. The van der Waals surface area contributed by atoms with Crippen LogP contribution in [0.15, 0.2) is 28.7 Å². The van der Waals surface area contributed by atoms with Gasteiger partial charge in [0.1, 0.15) is 0 Å². The van der Waals surface area contributed by atoms with E-state index in [9.17, 15) is 0 Å². The Hall–Kier alpha value is -0.380. The predicted octanol–water partition coefficient (Wildman–Crippen LogP) is 3.91. The molecule has 19 heavy (non-hydrogen) atoms. The Bertz CT molecular complexity index is 368. The Labute approximate surface area is 126 Å². The molecule has 108 valence electrons. The Balaban J connectivity index is 2.45. The lowest BCUT2D eigenvalue weighted by atomic mass is 10.0. The summed E-state index contributed by atoms with van der Waals surface area (Å²) >= 11 is 3.53. The second-order valence-corrected chi connectivity index (χ2v) is 6.38. The van der Waals surface area contributed by atoms with Crippen molar-refractivity contribution in [2.24, 2.45) is 5.92 Å². The zero-order valence-corrected chi connectivity index (χ0v) is 14.2. The highest BCUT2D eigenvalue weighted by Crippen LogP contribution is 2.16. The minimum absolute atomic E-state index is 0.573. The summed E-state index contributed by atoms with van der Waals surface area (Å²) in [5.41, 5.74) is 1.36.